The van der Waals surface area contributed by atoms with Gasteiger partial charge in [0.05, 0.1) is 0 Å². The lowest BCUT2D eigenvalue weighted by molar-refractivity contribution is -0.192. The summed E-state index contributed by atoms with van der Waals surface area (Å²) in [5.74, 6) is -2.76. The van der Waals surface area contributed by atoms with Gasteiger partial charge in [-0.1, -0.05) is 0 Å². The van der Waals surface area contributed by atoms with Crippen LogP contribution in [0.3, 0.4) is 0 Å². The number of rotatable bonds is 0. The standard InChI is InChI=1S/C2HF3O2.BF4/c3-2(4,5)1(6)7;2-1(3,4)5/h(H,6,7);/q;-1. The van der Waals surface area contributed by atoms with Crippen LogP contribution in [0.15, 0.2) is 0 Å². The summed E-state index contributed by atoms with van der Waals surface area (Å²) in [6.07, 6.45) is -5.08. The zero-order chi connectivity index (χ0) is 10.6. The van der Waals surface area contributed by atoms with E-state index in [4.69, 9.17) is 9.90 Å². The second kappa shape index (κ2) is 4.17. The van der Waals surface area contributed by atoms with Crippen LogP contribution in [0.4, 0.5) is 30.4 Å². The second-order valence-corrected chi connectivity index (χ2v) is 1.30. The molecule has 0 unspecified atom stereocenters. The summed E-state index contributed by atoms with van der Waals surface area (Å²) in [7, 11) is -6.00. The first-order chi connectivity index (χ1) is 4.94. The highest BCUT2D eigenvalue weighted by molar-refractivity contribution is 6.50. The maximum absolute atomic E-state index is 10.6. The molecular formula is C2HBF7O2-. The number of halogens is 7. The highest BCUT2D eigenvalue weighted by Gasteiger charge is 2.38. The van der Waals surface area contributed by atoms with Crippen molar-refractivity contribution in [2.45, 2.75) is 6.18 Å². The average Bonchev–Trinajstić information content (AvgIpc) is 1.55. The quantitative estimate of drug-likeness (QED) is 0.480. The topological polar surface area (TPSA) is 37.3 Å². The zero-order valence-electron chi connectivity index (χ0n) is 5.08. The lowest BCUT2D eigenvalue weighted by atomic mass is 10.3. The van der Waals surface area contributed by atoms with Crippen molar-refractivity contribution in [1.29, 1.82) is 0 Å². The summed E-state index contributed by atoms with van der Waals surface area (Å²) in [6.45, 7) is 0. The summed E-state index contributed by atoms with van der Waals surface area (Å²) in [4.78, 5) is 8.90. The Morgan fingerprint density at radius 3 is 1.17 bits per heavy atom. The van der Waals surface area contributed by atoms with Crippen LogP contribution in [0.2, 0.25) is 0 Å². The third kappa shape index (κ3) is 23.0. The average molecular weight is 201 g/mol. The molecule has 74 valence electrons. The van der Waals surface area contributed by atoms with Crippen LogP contribution in [0.1, 0.15) is 0 Å². The Morgan fingerprint density at radius 1 is 1.08 bits per heavy atom. The van der Waals surface area contributed by atoms with E-state index in [0.29, 0.717) is 0 Å². The molecule has 0 aromatic carbocycles. The minimum Gasteiger partial charge on any atom is -0.475 e. The molecule has 10 heteroatoms. The molecule has 0 fully saturated rings. The molecule has 0 bridgehead atoms. The Hall–Kier alpha value is -0.955. The lowest BCUT2D eigenvalue weighted by Gasteiger charge is -1.94. The van der Waals surface area contributed by atoms with Gasteiger partial charge in [-0.15, -0.1) is 0 Å². The van der Waals surface area contributed by atoms with Crippen LogP contribution < -0.4 is 0 Å². The molecule has 0 heterocycles. The molecule has 0 atom stereocenters. The van der Waals surface area contributed by atoms with E-state index in [2.05, 4.69) is 0 Å². The Morgan fingerprint density at radius 2 is 1.17 bits per heavy atom. The number of hydrogen-bond acceptors (Lipinski definition) is 1. The molecule has 0 saturated carbocycles. The molecule has 0 amide bonds. The maximum Gasteiger partial charge on any atom is 0.673 e. The molecule has 0 spiro atoms. The number of carbonyl (C=O) groups is 1. The fourth-order valence-electron chi connectivity index (χ4n) is 0. The number of aliphatic carboxylic acids is 1. The number of carboxylic acids is 1. The smallest absolute Gasteiger partial charge is 0.475 e. The van der Waals surface area contributed by atoms with Crippen LogP contribution in [-0.2, 0) is 4.79 Å². The van der Waals surface area contributed by atoms with Gasteiger partial charge >= 0.3 is 19.4 Å². The molecule has 1 N–H and O–H groups in total. The van der Waals surface area contributed by atoms with Crippen molar-refractivity contribution in [3.8, 4) is 0 Å². The fraction of sp³-hybridized carbons (Fsp3) is 0.500. The van der Waals surface area contributed by atoms with E-state index in [-0.39, 0.29) is 0 Å². The van der Waals surface area contributed by atoms with Gasteiger partial charge in [-0.3, -0.25) is 0 Å². The summed E-state index contributed by atoms with van der Waals surface area (Å²) < 4.78 is 70.7. The third-order valence-electron chi connectivity index (χ3n) is 0.243. The molecule has 2 nitrogen and oxygen atoms in total. The van der Waals surface area contributed by atoms with Gasteiger partial charge in [-0.25, -0.2) is 4.79 Å². The largest absolute Gasteiger partial charge is 0.673 e. The SMILES string of the molecule is F[B-](F)(F)F.O=C(O)C(F)(F)F. The molecule has 0 rings (SSSR count). The minimum atomic E-state index is -6.00. The number of alkyl halides is 3. The Labute approximate surface area is 61.1 Å². The van der Waals surface area contributed by atoms with Gasteiger partial charge in [0.15, 0.2) is 0 Å². The molecule has 0 aliphatic carbocycles. The Kier molecular flexibility index (Phi) is 4.73. The molecule has 0 aromatic heterocycles. The molecule has 0 aliphatic heterocycles. The van der Waals surface area contributed by atoms with Crippen molar-refractivity contribution in [3.63, 3.8) is 0 Å². The van der Waals surface area contributed by atoms with Crippen molar-refractivity contribution < 1.29 is 40.3 Å². The first-order valence-electron chi connectivity index (χ1n) is 2.12. The monoisotopic (exact) mass is 201 g/mol. The van der Waals surface area contributed by atoms with E-state index >= 15 is 0 Å². The molecule has 0 aromatic rings. The molecule has 0 radical (unpaired) electrons. The minimum absolute atomic E-state index is 2.76. The van der Waals surface area contributed by atoms with Crippen LogP contribution >= 0.6 is 0 Å². The van der Waals surface area contributed by atoms with Gasteiger partial charge in [-0.05, 0) is 0 Å². The van der Waals surface area contributed by atoms with Gasteiger partial charge < -0.3 is 22.4 Å². The normalized spacial score (nSPS) is 11.6. The van der Waals surface area contributed by atoms with Crippen molar-refractivity contribution >= 4 is 13.2 Å². The van der Waals surface area contributed by atoms with Crippen molar-refractivity contribution in [1.82, 2.24) is 0 Å². The Bertz CT molecular complexity index is 140. The van der Waals surface area contributed by atoms with E-state index in [1.165, 1.54) is 0 Å². The van der Waals surface area contributed by atoms with Crippen molar-refractivity contribution in [2.24, 2.45) is 0 Å². The number of carboxylic acid groups (broad SMARTS) is 1. The summed E-state index contributed by atoms with van der Waals surface area (Å²) in [5.41, 5.74) is 0. The highest BCUT2D eigenvalue weighted by atomic mass is 19.5. The third-order valence-corrected chi connectivity index (χ3v) is 0.243. The van der Waals surface area contributed by atoms with Gasteiger partial charge in [0.25, 0.3) is 0 Å². The summed E-state index contributed by atoms with van der Waals surface area (Å²) in [6, 6.07) is 0. The van der Waals surface area contributed by atoms with E-state index in [0.717, 1.165) is 0 Å². The maximum atomic E-state index is 10.6. The zero-order valence-corrected chi connectivity index (χ0v) is 5.08. The van der Waals surface area contributed by atoms with Crippen molar-refractivity contribution in [2.75, 3.05) is 0 Å². The summed E-state index contributed by atoms with van der Waals surface area (Å²) >= 11 is 0. The molecule has 0 saturated heterocycles. The lowest BCUT2D eigenvalue weighted by Crippen LogP contribution is -2.21. The van der Waals surface area contributed by atoms with Crippen molar-refractivity contribution in [3.05, 3.63) is 0 Å². The van der Waals surface area contributed by atoms with E-state index < -0.39 is 19.4 Å². The second-order valence-electron chi connectivity index (χ2n) is 1.30. The van der Waals surface area contributed by atoms with Gasteiger partial charge in [0.1, 0.15) is 0 Å². The highest BCUT2D eigenvalue weighted by Crippen LogP contribution is 2.13. The predicted molar refractivity (Wildman–Crippen MR) is 23.9 cm³/mol. The van der Waals surface area contributed by atoms with E-state index in [9.17, 15) is 30.4 Å². The Balaban J connectivity index is 0. The van der Waals surface area contributed by atoms with Gasteiger partial charge in [0.2, 0.25) is 0 Å². The van der Waals surface area contributed by atoms with Crippen LogP contribution in [0.5, 0.6) is 0 Å². The van der Waals surface area contributed by atoms with Gasteiger partial charge in [-0.2, -0.15) is 13.2 Å². The van der Waals surface area contributed by atoms with Crippen LogP contribution in [-0.4, -0.2) is 24.5 Å². The molecular weight excluding hydrogens is 200 g/mol. The fourth-order valence-corrected chi connectivity index (χ4v) is 0. The predicted octanol–water partition coefficient (Wildman–Crippen LogP) is 1.93. The van der Waals surface area contributed by atoms with E-state index in [1.807, 2.05) is 0 Å². The molecule has 0 aliphatic rings. The van der Waals surface area contributed by atoms with E-state index in [1.54, 1.807) is 0 Å². The van der Waals surface area contributed by atoms with Crippen LogP contribution in [0, 0.1) is 0 Å². The summed E-state index contributed by atoms with van der Waals surface area (Å²) in [5, 5.41) is 7.12. The number of hydrogen-bond donors (Lipinski definition) is 1. The first-order valence-corrected chi connectivity index (χ1v) is 2.12. The molecule has 12 heavy (non-hydrogen) atoms. The van der Waals surface area contributed by atoms with Gasteiger partial charge in [0, 0.05) is 0 Å². The van der Waals surface area contributed by atoms with Crippen LogP contribution in [0.25, 0.3) is 0 Å². The first kappa shape index (κ1) is 13.6.